The zero-order valence-corrected chi connectivity index (χ0v) is 15.5. The van der Waals surface area contributed by atoms with Crippen LogP contribution in [0, 0.1) is 0 Å². The summed E-state index contributed by atoms with van der Waals surface area (Å²) in [7, 11) is 0. The molecule has 0 saturated carbocycles. The van der Waals surface area contributed by atoms with Crippen LogP contribution in [0.4, 0.5) is 5.82 Å². The Kier molecular flexibility index (Phi) is 6.29. The van der Waals surface area contributed by atoms with Crippen molar-refractivity contribution in [1.29, 1.82) is 0 Å². The van der Waals surface area contributed by atoms with Crippen LogP contribution in [0.25, 0.3) is 0 Å². The summed E-state index contributed by atoms with van der Waals surface area (Å²) in [5, 5.41) is 3.51. The second kappa shape index (κ2) is 8.65. The second-order valence-corrected chi connectivity index (χ2v) is 7.15. The van der Waals surface area contributed by atoms with Crippen LogP contribution in [0.15, 0.2) is 41.7 Å². The number of hydrogen-bond acceptors (Lipinski definition) is 5. The van der Waals surface area contributed by atoms with E-state index in [-0.39, 0.29) is 17.9 Å². The molecule has 0 spiro atoms. The first-order valence-corrected chi connectivity index (χ1v) is 9.79. The van der Waals surface area contributed by atoms with E-state index >= 15 is 0 Å². The van der Waals surface area contributed by atoms with Crippen LogP contribution in [0.5, 0.6) is 0 Å². The zero-order chi connectivity index (χ0) is 17.6. The zero-order valence-electron chi connectivity index (χ0n) is 13.9. The number of carbonyl (C=O) groups is 1. The van der Waals surface area contributed by atoms with Gasteiger partial charge in [0.1, 0.15) is 0 Å². The highest BCUT2D eigenvalue weighted by Crippen LogP contribution is 2.33. The summed E-state index contributed by atoms with van der Waals surface area (Å²) < 4.78 is 5.74. The number of nitrogens with zero attached hydrogens (tertiary/aromatic N) is 2. The predicted octanol–water partition coefficient (Wildman–Crippen LogP) is 4.14. The van der Waals surface area contributed by atoms with Crippen LogP contribution < -0.4 is 5.32 Å². The van der Waals surface area contributed by atoms with E-state index < -0.39 is 0 Å². The first kappa shape index (κ1) is 18.2. The number of carbonyl (C=O) groups excluding carboxylic acids is 1. The lowest BCUT2D eigenvalue weighted by Gasteiger charge is -2.21. The minimum Gasteiger partial charge on any atom is -0.378 e. The molecule has 0 aliphatic carbocycles. The standard InChI is InChI=1S/C18H20ClN3O2S/c1-25-16-5-4-12(9-15(16)19)14(10-13-3-2-8-24-13)18(23)22-17-11-20-6-7-21-17/h4-7,9,11,13-14H,2-3,8,10H2,1H3,(H,21,22,23). The first-order valence-electron chi connectivity index (χ1n) is 8.19. The summed E-state index contributed by atoms with van der Waals surface area (Å²) in [4.78, 5) is 22.0. The molecule has 1 aromatic carbocycles. The lowest BCUT2D eigenvalue weighted by atomic mass is 9.91. The summed E-state index contributed by atoms with van der Waals surface area (Å²) >= 11 is 7.93. The lowest BCUT2D eigenvalue weighted by molar-refractivity contribution is -0.118. The predicted molar refractivity (Wildman–Crippen MR) is 100 cm³/mol. The van der Waals surface area contributed by atoms with Crippen molar-refractivity contribution in [2.75, 3.05) is 18.2 Å². The maximum absolute atomic E-state index is 12.9. The van der Waals surface area contributed by atoms with E-state index in [2.05, 4.69) is 15.3 Å². The molecular formula is C18H20ClN3O2S. The maximum atomic E-state index is 12.9. The van der Waals surface area contributed by atoms with Gasteiger partial charge >= 0.3 is 0 Å². The van der Waals surface area contributed by atoms with Crippen molar-refractivity contribution in [1.82, 2.24) is 9.97 Å². The van der Waals surface area contributed by atoms with E-state index in [4.69, 9.17) is 16.3 Å². The van der Waals surface area contributed by atoms with Gasteiger partial charge in [0.15, 0.2) is 5.82 Å². The van der Waals surface area contributed by atoms with Gasteiger partial charge in [-0.2, -0.15) is 0 Å². The van der Waals surface area contributed by atoms with Gasteiger partial charge in [-0.25, -0.2) is 4.98 Å². The molecule has 7 heteroatoms. The molecule has 2 unspecified atom stereocenters. The number of rotatable bonds is 6. The van der Waals surface area contributed by atoms with Crippen LogP contribution in [-0.2, 0) is 9.53 Å². The minimum absolute atomic E-state index is 0.0941. The Labute approximate surface area is 156 Å². The van der Waals surface area contributed by atoms with Crippen LogP contribution >= 0.6 is 23.4 Å². The Hall–Kier alpha value is -1.63. The Morgan fingerprint density at radius 1 is 1.48 bits per heavy atom. The number of anilines is 1. The normalized spacial score (nSPS) is 18.1. The molecule has 2 aromatic rings. The van der Waals surface area contributed by atoms with E-state index in [0.717, 1.165) is 29.9 Å². The number of ether oxygens (including phenoxy) is 1. The molecule has 0 radical (unpaired) electrons. The fourth-order valence-electron chi connectivity index (χ4n) is 2.96. The van der Waals surface area contributed by atoms with Gasteiger partial charge in [-0.05, 0) is 43.2 Å². The molecule has 0 bridgehead atoms. The van der Waals surface area contributed by atoms with Crippen molar-refractivity contribution in [3.8, 4) is 0 Å². The fourth-order valence-corrected chi connectivity index (χ4v) is 3.84. The molecule has 3 rings (SSSR count). The first-order chi connectivity index (χ1) is 12.2. The summed E-state index contributed by atoms with van der Waals surface area (Å²) in [6, 6.07) is 5.80. The van der Waals surface area contributed by atoms with E-state index in [1.807, 2.05) is 24.5 Å². The summed E-state index contributed by atoms with van der Waals surface area (Å²) in [5.41, 5.74) is 0.889. The SMILES string of the molecule is CSc1ccc(C(CC2CCCO2)C(=O)Nc2cnccn2)cc1Cl. The molecule has 1 fully saturated rings. The number of aromatic nitrogens is 2. The number of hydrogen-bond donors (Lipinski definition) is 1. The third kappa shape index (κ3) is 4.71. The molecule has 1 aliphatic heterocycles. The fraction of sp³-hybridized carbons (Fsp3) is 0.389. The Bertz CT molecular complexity index is 724. The quantitative estimate of drug-likeness (QED) is 0.766. The average Bonchev–Trinajstić information content (AvgIpc) is 3.13. The van der Waals surface area contributed by atoms with Crippen molar-refractivity contribution in [3.05, 3.63) is 47.4 Å². The van der Waals surface area contributed by atoms with Gasteiger partial charge in [0, 0.05) is 23.9 Å². The summed E-state index contributed by atoms with van der Waals surface area (Å²) in [5.74, 6) is -0.0286. The molecule has 2 atom stereocenters. The van der Waals surface area contributed by atoms with E-state index in [0.29, 0.717) is 17.3 Å². The number of nitrogens with one attached hydrogen (secondary N) is 1. The van der Waals surface area contributed by atoms with Crippen LogP contribution in [0.3, 0.4) is 0 Å². The van der Waals surface area contributed by atoms with Crippen LogP contribution in [0.1, 0.15) is 30.7 Å². The van der Waals surface area contributed by atoms with Gasteiger partial charge in [0.25, 0.3) is 0 Å². The Balaban J connectivity index is 1.83. The lowest BCUT2D eigenvalue weighted by Crippen LogP contribution is -2.25. The monoisotopic (exact) mass is 377 g/mol. The number of benzene rings is 1. The molecule has 1 N–H and O–H groups in total. The van der Waals surface area contributed by atoms with Gasteiger partial charge in [0.05, 0.1) is 23.2 Å². The third-order valence-corrected chi connectivity index (χ3v) is 5.45. The van der Waals surface area contributed by atoms with Gasteiger partial charge in [-0.3, -0.25) is 9.78 Å². The van der Waals surface area contributed by atoms with Crippen LogP contribution in [-0.4, -0.2) is 34.8 Å². The number of amides is 1. The van der Waals surface area contributed by atoms with Gasteiger partial charge in [-0.15, -0.1) is 11.8 Å². The number of halogens is 1. The van der Waals surface area contributed by atoms with Gasteiger partial charge in [0.2, 0.25) is 5.91 Å². The summed E-state index contributed by atoms with van der Waals surface area (Å²) in [6.45, 7) is 0.759. The minimum atomic E-state index is -0.349. The molecule has 132 valence electrons. The highest BCUT2D eigenvalue weighted by Gasteiger charge is 2.28. The number of thioether (sulfide) groups is 1. The van der Waals surface area contributed by atoms with Crippen LogP contribution in [0.2, 0.25) is 5.02 Å². The van der Waals surface area contributed by atoms with Crippen molar-refractivity contribution >= 4 is 35.1 Å². The second-order valence-electron chi connectivity index (χ2n) is 5.90. The van der Waals surface area contributed by atoms with Crippen molar-refractivity contribution in [2.24, 2.45) is 0 Å². The average molecular weight is 378 g/mol. The third-order valence-electron chi connectivity index (χ3n) is 4.23. The Morgan fingerprint density at radius 2 is 2.36 bits per heavy atom. The van der Waals surface area contributed by atoms with Crippen molar-refractivity contribution in [2.45, 2.75) is 36.2 Å². The van der Waals surface area contributed by atoms with Crippen molar-refractivity contribution < 1.29 is 9.53 Å². The van der Waals surface area contributed by atoms with E-state index in [9.17, 15) is 4.79 Å². The molecule has 1 aromatic heterocycles. The van der Waals surface area contributed by atoms with Crippen molar-refractivity contribution in [3.63, 3.8) is 0 Å². The molecule has 25 heavy (non-hydrogen) atoms. The van der Waals surface area contributed by atoms with Gasteiger partial charge in [-0.1, -0.05) is 17.7 Å². The smallest absolute Gasteiger partial charge is 0.233 e. The Morgan fingerprint density at radius 3 is 3.00 bits per heavy atom. The van der Waals surface area contributed by atoms with E-state index in [1.54, 1.807) is 24.2 Å². The molecule has 2 heterocycles. The molecule has 1 amide bonds. The largest absolute Gasteiger partial charge is 0.378 e. The molecular weight excluding hydrogens is 358 g/mol. The van der Waals surface area contributed by atoms with E-state index in [1.165, 1.54) is 6.20 Å². The highest BCUT2D eigenvalue weighted by atomic mass is 35.5. The van der Waals surface area contributed by atoms with Gasteiger partial charge < -0.3 is 10.1 Å². The summed E-state index contributed by atoms with van der Waals surface area (Å²) in [6.07, 6.45) is 9.37. The molecule has 1 saturated heterocycles. The highest BCUT2D eigenvalue weighted by molar-refractivity contribution is 7.98. The molecule has 1 aliphatic rings. The maximum Gasteiger partial charge on any atom is 0.233 e. The topological polar surface area (TPSA) is 64.1 Å². The molecule has 5 nitrogen and oxygen atoms in total.